The lowest BCUT2D eigenvalue weighted by molar-refractivity contribution is -0.127. The van der Waals surface area contributed by atoms with Gasteiger partial charge in [0.05, 0.1) is 12.1 Å². The van der Waals surface area contributed by atoms with Crippen molar-refractivity contribution in [2.45, 2.75) is 57.2 Å². The fourth-order valence-electron chi connectivity index (χ4n) is 4.53. The average molecular weight is 437 g/mol. The molecule has 168 valence electrons. The van der Waals surface area contributed by atoms with E-state index < -0.39 is 12.6 Å². The zero-order valence-electron chi connectivity index (χ0n) is 17.3. The van der Waals surface area contributed by atoms with Gasteiger partial charge in [0.25, 0.3) is 0 Å². The maximum absolute atomic E-state index is 12.8. The van der Waals surface area contributed by atoms with Crippen LogP contribution in [0, 0.1) is 0 Å². The average Bonchev–Trinajstić information content (AvgIpc) is 3.08. The lowest BCUT2D eigenvalue weighted by Gasteiger charge is -2.35. The topological polar surface area (TPSA) is 102 Å². The number of alkyl halides is 3. The zero-order chi connectivity index (χ0) is 22.2. The highest BCUT2D eigenvalue weighted by Gasteiger charge is 2.33. The summed E-state index contributed by atoms with van der Waals surface area (Å²) in [7, 11) is 0. The number of nitrogens with one attached hydrogen (secondary N) is 1. The standard InChI is InChI=1S/C20H26F3N7O/c1-12-8-15(31)28-17-16(12)19(26-11-25-17)29-5-2-13(3-6-29)18-27-14(9-20(21,22)23)10-30(18)7-4-24/h10-13H,2-9,24H2,1H3,(H,25,26,28,31)/t12-/m1/s1. The summed E-state index contributed by atoms with van der Waals surface area (Å²) in [6.07, 6.45) is -0.515. The number of nitrogens with zero attached hydrogens (tertiary/aromatic N) is 5. The van der Waals surface area contributed by atoms with Gasteiger partial charge in [0.2, 0.25) is 5.91 Å². The van der Waals surface area contributed by atoms with Crippen LogP contribution in [-0.4, -0.2) is 51.2 Å². The van der Waals surface area contributed by atoms with Gasteiger partial charge in [0, 0.05) is 50.3 Å². The second-order valence-corrected chi connectivity index (χ2v) is 8.24. The number of aromatic nitrogens is 4. The predicted octanol–water partition coefficient (Wildman–Crippen LogP) is 2.57. The van der Waals surface area contributed by atoms with Crippen molar-refractivity contribution in [1.82, 2.24) is 19.5 Å². The van der Waals surface area contributed by atoms with E-state index in [1.807, 2.05) is 6.92 Å². The quantitative estimate of drug-likeness (QED) is 0.746. The molecule has 1 saturated heterocycles. The van der Waals surface area contributed by atoms with Gasteiger partial charge in [-0.05, 0) is 18.8 Å². The number of imidazole rings is 1. The predicted molar refractivity (Wildman–Crippen MR) is 109 cm³/mol. The Morgan fingerprint density at radius 1 is 1.26 bits per heavy atom. The summed E-state index contributed by atoms with van der Waals surface area (Å²) in [5, 5.41) is 2.81. The SMILES string of the molecule is C[C@@H]1CC(=O)Nc2ncnc(N3CCC(c4nc(CC(F)(F)F)cn4CCN)CC3)c21. The van der Waals surface area contributed by atoms with Gasteiger partial charge < -0.3 is 20.5 Å². The van der Waals surface area contributed by atoms with Crippen LogP contribution in [0.1, 0.15) is 55.1 Å². The number of nitrogens with two attached hydrogens (primary N) is 1. The number of halogens is 3. The normalized spacial score (nSPS) is 20.0. The molecule has 4 rings (SSSR count). The summed E-state index contributed by atoms with van der Waals surface area (Å²) >= 11 is 0. The summed E-state index contributed by atoms with van der Waals surface area (Å²) in [4.78, 5) is 27.0. The van der Waals surface area contributed by atoms with Crippen LogP contribution in [-0.2, 0) is 17.8 Å². The van der Waals surface area contributed by atoms with E-state index >= 15 is 0 Å². The molecule has 4 heterocycles. The Hall–Kier alpha value is -2.69. The molecule has 1 amide bonds. The Kier molecular flexibility index (Phi) is 5.87. The molecular weight excluding hydrogens is 411 g/mol. The van der Waals surface area contributed by atoms with Gasteiger partial charge in [-0.25, -0.2) is 15.0 Å². The molecule has 0 aliphatic carbocycles. The fraction of sp³-hybridized carbons (Fsp3) is 0.600. The summed E-state index contributed by atoms with van der Waals surface area (Å²) in [6.45, 7) is 4.15. The van der Waals surface area contributed by atoms with Gasteiger partial charge in [0.1, 0.15) is 23.8 Å². The molecule has 2 aromatic heterocycles. The van der Waals surface area contributed by atoms with Crippen LogP contribution in [0.2, 0.25) is 0 Å². The first-order valence-electron chi connectivity index (χ1n) is 10.5. The molecule has 11 heteroatoms. The molecule has 2 aliphatic rings. The number of amides is 1. The molecule has 0 radical (unpaired) electrons. The third-order valence-corrected chi connectivity index (χ3v) is 5.87. The van der Waals surface area contributed by atoms with E-state index in [1.54, 1.807) is 4.57 Å². The highest BCUT2D eigenvalue weighted by molar-refractivity contribution is 5.94. The number of hydrogen-bond donors (Lipinski definition) is 2. The maximum Gasteiger partial charge on any atom is 0.394 e. The Morgan fingerprint density at radius 3 is 2.68 bits per heavy atom. The number of carbonyl (C=O) groups is 1. The van der Waals surface area contributed by atoms with Crippen molar-refractivity contribution in [1.29, 1.82) is 0 Å². The number of rotatable bonds is 5. The lowest BCUT2D eigenvalue weighted by atomic mass is 9.92. The molecule has 0 bridgehead atoms. The van der Waals surface area contributed by atoms with Crippen LogP contribution in [0.5, 0.6) is 0 Å². The van der Waals surface area contributed by atoms with Crippen LogP contribution in [0.15, 0.2) is 12.5 Å². The minimum atomic E-state index is -4.29. The molecule has 2 aromatic rings. The minimum absolute atomic E-state index is 0.0195. The van der Waals surface area contributed by atoms with Gasteiger partial charge in [-0.3, -0.25) is 4.79 Å². The Morgan fingerprint density at radius 2 is 2.00 bits per heavy atom. The van der Waals surface area contributed by atoms with Crippen LogP contribution >= 0.6 is 0 Å². The molecule has 3 N–H and O–H groups in total. The molecule has 2 aliphatic heterocycles. The summed E-state index contributed by atoms with van der Waals surface area (Å²) in [5.41, 5.74) is 6.64. The van der Waals surface area contributed by atoms with E-state index in [0.717, 1.165) is 24.2 Å². The van der Waals surface area contributed by atoms with Gasteiger partial charge >= 0.3 is 6.18 Å². The Labute approximate surface area is 178 Å². The van der Waals surface area contributed by atoms with Crippen molar-refractivity contribution >= 4 is 17.5 Å². The maximum atomic E-state index is 12.8. The zero-order valence-corrected chi connectivity index (χ0v) is 17.3. The van der Waals surface area contributed by atoms with E-state index in [2.05, 4.69) is 25.2 Å². The lowest BCUT2D eigenvalue weighted by Crippen LogP contribution is -2.36. The molecule has 0 unspecified atom stereocenters. The highest BCUT2D eigenvalue weighted by atomic mass is 19.4. The van der Waals surface area contributed by atoms with Gasteiger partial charge in [-0.1, -0.05) is 6.92 Å². The molecule has 31 heavy (non-hydrogen) atoms. The number of piperidine rings is 1. The number of fused-ring (bicyclic) bond motifs is 1. The van der Waals surface area contributed by atoms with Gasteiger partial charge in [-0.15, -0.1) is 0 Å². The van der Waals surface area contributed by atoms with Crippen molar-refractivity contribution in [3.8, 4) is 0 Å². The summed E-state index contributed by atoms with van der Waals surface area (Å²) in [5.74, 6) is 2.08. The van der Waals surface area contributed by atoms with Gasteiger partial charge in [-0.2, -0.15) is 13.2 Å². The first kappa shape index (κ1) is 21.5. The minimum Gasteiger partial charge on any atom is -0.356 e. The number of carbonyl (C=O) groups excluding carboxylic acids is 1. The highest BCUT2D eigenvalue weighted by Crippen LogP contribution is 2.38. The molecule has 1 fully saturated rings. The number of hydrogen-bond acceptors (Lipinski definition) is 6. The second kappa shape index (κ2) is 8.45. The van der Waals surface area contributed by atoms with E-state index in [-0.39, 0.29) is 23.4 Å². The van der Waals surface area contributed by atoms with Crippen molar-refractivity contribution in [2.75, 3.05) is 29.9 Å². The van der Waals surface area contributed by atoms with Crippen LogP contribution in [0.4, 0.5) is 24.8 Å². The smallest absolute Gasteiger partial charge is 0.356 e. The molecule has 8 nitrogen and oxygen atoms in total. The van der Waals surface area contributed by atoms with E-state index in [4.69, 9.17) is 5.73 Å². The monoisotopic (exact) mass is 437 g/mol. The Bertz CT molecular complexity index is 951. The molecule has 1 atom stereocenters. The van der Waals surface area contributed by atoms with Crippen LogP contribution < -0.4 is 16.0 Å². The molecular formula is C20H26F3N7O. The third-order valence-electron chi connectivity index (χ3n) is 5.87. The largest absolute Gasteiger partial charge is 0.394 e. The van der Waals surface area contributed by atoms with E-state index in [0.29, 0.717) is 44.2 Å². The summed E-state index contributed by atoms with van der Waals surface area (Å²) in [6, 6.07) is 0. The molecule has 0 aromatic carbocycles. The van der Waals surface area contributed by atoms with Crippen molar-refractivity contribution in [2.24, 2.45) is 5.73 Å². The van der Waals surface area contributed by atoms with Crippen molar-refractivity contribution in [3.05, 3.63) is 29.6 Å². The first-order chi connectivity index (χ1) is 14.7. The number of anilines is 2. The van der Waals surface area contributed by atoms with E-state index in [1.165, 1.54) is 12.5 Å². The fourth-order valence-corrected chi connectivity index (χ4v) is 4.53. The second-order valence-electron chi connectivity index (χ2n) is 8.24. The van der Waals surface area contributed by atoms with Crippen LogP contribution in [0.3, 0.4) is 0 Å². The first-order valence-corrected chi connectivity index (χ1v) is 10.5. The molecule has 0 spiro atoms. The van der Waals surface area contributed by atoms with Crippen LogP contribution in [0.25, 0.3) is 0 Å². The van der Waals surface area contributed by atoms with Gasteiger partial charge in [0.15, 0.2) is 0 Å². The van der Waals surface area contributed by atoms with Crippen molar-refractivity contribution in [3.63, 3.8) is 0 Å². The molecule has 0 saturated carbocycles. The van der Waals surface area contributed by atoms with Crippen molar-refractivity contribution < 1.29 is 18.0 Å². The third kappa shape index (κ3) is 4.65. The summed E-state index contributed by atoms with van der Waals surface area (Å²) < 4.78 is 40.2. The Balaban J connectivity index is 1.51. The van der Waals surface area contributed by atoms with E-state index in [9.17, 15) is 18.0 Å².